The van der Waals surface area contributed by atoms with E-state index in [0.717, 1.165) is 16.1 Å². The summed E-state index contributed by atoms with van der Waals surface area (Å²) in [7, 11) is 0. The van der Waals surface area contributed by atoms with Gasteiger partial charge in [-0.3, -0.25) is 0 Å². The summed E-state index contributed by atoms with van der Waals surface area (Å²) in [5.41, 5.74) is 0. The molecule has 0 aliphatic heterocycles. The molecule has 0 spiro atoms. The number of rotatable bonds is 2. The van der Waals surface area contributed by atoms with Crippen LogP contribution in [0.4, 0.5) is 0 Å². The first-order valence-electron chi connectivity index (χ1n) is 2.54. The van der Waals surface area contributed by atoms with E-state index in [9.17, 15) is 0 Å². The molecule has 0 saturated heterocycles. The highest BCUT2D eigenvalue weighted by Gasteiger charge is 2.27. The van der Waals surface area contributed by atoms with Crippen molar-refractivity contribution in [2.45, 2.75) is 17.7 Å². The molecule has 1 rings (SSSR count). The molecule has 0 nitrogen and oxygen atoms in total. The lowest BCUT2D eigenvalue weighted by Gasteiger charge is -1.98. The van der Waals surface area contributed by atoms with Crippen LogP contribution in [0, 0.1) is 5.92 Å². The minimum absolute atomic E-state index is 0.743. The van der Waals surface area contributed by atoms with Crippen molar-refractivity contribution in [3.05, 3.63) is 0 Å². The van der Waals surface area contributed by atoms with E-state index < -0.39 is 0 Å². The van der Waals surface area contributed by atoms with Gasteiger partial charge >= 0.3 is 0 Å². The molecule has 1 atom stereocenters. The lowest BCUT2D eigenvalue weighted by molar-refractivity contribution is 0.847. The highest BCUT2D eigenvalue weighted by molar-refractivity contribution is 9.12. The number of hydrogen-bond donors (Lipinski definition) is 0. The Labute approximate surface area is 60.9 Å². The Hall–Kier alpha value is 0.960. The monoisotopic (exact) mass is 226 g/mol. The lowest BCUT2D eigenvalue weighted by Crippen LogP contribution is -1.99. The molecule has 0 aromatic rings. The van der Waals surface area contributed by atoms with Crippen molar-refractivity contribution in [2.75, 3.05) is 5.33 Å². The van der Waals surface area contributed by atoms with Crippen molar-refractivity contribution < 1.29 is 0 Å². The molecule has 0 radical (unpaired) electrons. The Balaban J connectivity index is 2.10. The van der Waals surface area contributed by atoms with Crippen molar-refractivity contribution in [1.82, 2.24) is 0 Å². The number of hydrogen-bond acceptors (Lipinski definition) is 0. The third-order valence-electron chi connectivity index (χ3n) is 1.28. The van der Waals surface area contributed by atoms with Gasteiger partial charge in [0.05, 0.1) is 0 Å². The van der Waals surface area contributed by atoms with Crippen molar-refractivity contribution in [2.24, 2.45) is 5.92 Å². The van der Waals surface area contributed by atoms with E-state index in [4.69, 9.17) is 0 Å². The van der Waals surface area contributed by atoms with Crippen molar-refractivity contribution in [3.8, 4) is 0 Å². The molecule has 7 heavy (non-hydrogen) atoms. The van der Waals surface area contributed by atoms with Gasteiger partial charge in [-0.15, -0.1) is 0 Å². The van der Waals surface area contributed by atoms with Crippen molar-refractivity contribution in [3.63, 3.8) is 0 Å². The third-order valence-corrected chi connectivity index (χ3v) is 3.92. The van der Waals surface area contributed by atoms with Crippen LogP contribution in [0.25, 0.3) is 0 Å². The highest BCUT2D eigenvalue weighted by Crippen LogP contribution is 2.37. The standard InChI is InChI=1S/C5H8Br2/c6-3-5(7)4-1-2-4/h4-5H,1-3H2. The zero-order chi connectivity index (χ0) is 5.28. The first-order chi connectivity index (χ1) is 3.34. The summed E-state index contributed by atoms with van der Waals surface area (Å²) in [6.45, 7) is 0. The summed E-state index contributed by atoms with van der Waals surface area (Å²) in [5.74, 6) is 0.986. The fraction of sp³-hybridized carbons (Fsp3) is 1.00. The van der Waals surface area contributed by atoms with Crippen LogP contribution in [0.2, 0.25) is 0 Å². The topological polar surface area (TPSA) is 0 Å². The smallest absolute Gasteiger partial charge is 0.0271 e. The van der Waals surface area contributed by atoms with Gasteiger partial charge in [0.15, 0.2) is 0 Å². The van der Waals surface area contributed by atoms with Gasteiger partial charge in [-0.1, -0.05) is 31.9 Å². The van der Waals surface area contributed by atoms with E-state index in [1.54, 1.807) is 0 Å². The van der Waals surface area contributed by atoms with Crippen LogP contribution in [-0.4, -0.2) is 10.2 Å². The van der Waals surface area contributed by atoms with Crippen LogP contribution < -0.4 is 0 Å². The largest absolute Gasteiger partial charge is 0.0916 e. The molecule has 0 N–H and O–H groups in total. The second-order valence-electron chi connectivity index (χ2n) is 2.01. The van der Waals surface area contributed by atoms with Gasteiger partial charge in [-0.25, -0.2) is 0 Å². The molecule has 1 aliphatic carbocycles. The summed E-state index contributed by atoms with van der Waals surface area (Å²) in [6, 6.07) is 0. The maximum Gasteiger partial charge on any atom is 0.0271 e. The molecular weight excluding hydrogens is 220 g/mol. The van der Waals surface area contributed by atoms with Crippen molar-refractivity contribution in [1.29, 1.82) is 0 Å². The zero-order valence-corrected chi connectivity index (χ0v) is 7.20. The van der Waals surface area contributed by atoms with Crippen LogP contribution in [0.3, 0.4) is 0 Å². The first-order valence-corrected chi connectivity index (χ1v) is 4.58. The molecule has 1 saturated carbocycles. The van der Waals surface area contributed by atoms with Gasteiger partial charge in [0.25, 0.3) is 0 Å². The first kappa shape index (κ1) is 6.09. The van der Waals surface area contributed by atoms with E-state index >= 15 is 0 Å². The van der Waals surface area contributed by atoms with Gasteiger partial charge in [0, 0.05) is 10.2 Å². The molecule has 1 unspecified atom stereocenters. The molecule has 0 amide bonds. The van der Waals surface area contributed by atoms with E-state index in [-0.39, 0.29) is 0 Å². The lowest BCUT2D eigenvalue weighted by atomic mass is 10.3. The second kappa shape index (κ2) is 2.49. The summed E-state index contributed by atoms with van der Waals surface area (Å²) in [5, 5.41) is 1.11. The Morgan fingerprint density at radius 2 is 2.14 bits per heavy atom. The van der Waals surface area contributed by atoms with Gasteiger partial charge in [-0.05, 0) is 18.8 Å². The Morgan fingerprint density at radius 1 is 1.57 bits per heavy atom. The summed E-state index contributed by atoms with van der Waals surface area (Å²) in [4.78, 5) is 0.743. The van der Waals surface area contributed by atoms with Crippen LogP contribution in [0.15, 0.2) is 0 Å². The van der Waals surface area contributed by atoms with E-state index in [1.165, 1.54) is 12.8 Å². The Morgan fingerprint density at radius 3 is 2.29 bits per heavy atom. The van der Waals surface area contributed by atoms with Gasteiger partial charge in [0.1, 0.15) is 0 Å². The van der Waals surface area contributed by atoms with Crippen LogP contribution in [-0.2, 0) is 0 Å². The second-order valence-corrected chi connectivity index (χ2v) is 3.83. The average Bonchev–Trinajstić information content (AvgIpc) is 2.44. The molecule has 42 valence electrons. The quantitative estimate of drug-likeness (QED) is 0.637. The van der Waals surface area contributed by atoms with Gasteiger partial charge in [-0.2, -0.15) is 0 Å². The minimum atomic E-state index is 0.743. The maximum absolute atomic E-state index is 3.56. The highest BCUT2D eigenvalue weighted by atomic mass is 79.9. The number of alkyl halides is 2. The molecule has 0 bridgehead atoms. The van der Waals surface area contributed by atoms with Gasteiger partial charge in [0.2, 0.25) is 0 Å². The van der Waals surface area contributed by atoms with Crippen LogP contribution >= 0.6 is 31.9 Å². The SMILES string of the molecule is BrCC(Br)C1CC1. The van der Waals surface area contributed by atoms with Crippen molar-refractivity contribution >= 4 is 31.9 Å². The third kappa shape index (κ3) is 1.73. The molecule has 1 fully saturated rings. The summed E-state index contributed by atoms with van der Waals surface area (Å²) in [6.07, 6.45) is 2.86. The predicted molar refractivity (Wildman–Crippen MR) is 39.2 cm³/mol. The normalized spacial score (nSPS) is 24.9. The van der Waals surface area contributed by atoms with E-state index in [1.807, 2.05) is 0 Å². The fourth-order valence-electron chi connectivity index (χ4n) is 0.584. The fourth-order valence-corrected chi connectivity index (χ4v) is 1.64. The average molecular weight is 228 g/mol. The molecule has 0 heterocycles. The zero-order valence-electron chi connectivity index (χ0n) is 4.03. The predicted octanol–water partition coefficient (Wildman–Crippen LogP) is 2.55. The van der Waals surface area contributed by atoms with Crippen LogP contribution in [0.5, 0.6) is 0 Å². The Bertz CT molecular complexity index is 59.1. The van der Waals surface area contributed by atoms with Crippen LogP contribution in [0.1, 0.15) is 12.8 Å². The molecule has 2 heteroatoms. The number of halogens is 2. The maximum atomic E-state index is 3.56. The summed E-state index contributed by atoms with van der Waals surface area (Å²) < 4.78 is 0. The molecule has 0 aromatic heterocycles. The minimum Gasteiger partial charge on any atom is -0.0916 e. The van der Waals surface area contributed by atoms with E-state index in [2.05, 4.69) is 31.9 Å². The Kier molecular flexibility index (Phi) is 2.17. The summed E-state index contributed by atoms with van der Waals surface area (Å²) >= 11 is 6.97. The molecule has 0 aromatic carbocycles. The van der Waals surface area contributed by atoms with Gasteiger partial charge < -0.3 is 0 Å². The van der Waals surface area contributed by atoms with E-state index in [0.29, 0.717) is 0 Å². The molecule has 1 aliphatic rings. The molecular formula is C5H8Br2.